The molecule has 0 aliphatic rings. The van der Waals surface area contributed by atoms with Gasteiger partial charge in [-0.15, -0.1) is 0 Å². The van der Waals surface area contributed by atoms with E-state index in [-0.39, 0.29) is 18.1 Å². The van der Waals surface area contributed by atoms with E-state index in [1.54, 1.807) is 19.1 Å². The molecule has 5 heteroatoms. The molecule has 0 aliphatic heterocycles. The van der Waals surface area contributed by atoms with E-state index in [0.29, 0.717) is 19.0 Å². The molecule has 1 aromatic rings. The number of rotatable bonds is 6. The van der Waals surface area contributed by atoms with Crippen LogP contribution in [-0.2, 0) is 9.53 Å². The molecule has 0 radical (unpaired) electrons. The van der Waals surface area contributed by atoms with Gasteiger partial charge in [-0.1, -0.05) is 6.07 Å². The van der Waals surface area contributed by atoms with Crippen LogP contribution in [0.1, 0.15) is 31.9 Å². The normalized spacial score (nSPS) is 11.9. The lowest BCUT2D eigenvalue weighted by molar-refractivity contribution is -0.143. The lowest BCUT2D eigenvalue weighted by Gasteiger charge is -2.13. The Bertz CT molecular complexity index is 406. The molecule has 0 unspecified atom stereocenters. The third-order valence-corrected chi connectivity index (χ3v) is 2.40. The molecule has 0 spiro atoms. The molecule has 0 saturated heterocycles. The van der Waals surface area contributed by atoms with E-state index in [1.165, 1.54) is 6.07 Å². The van der Waals surface area contributed by atoms with Crippen molar-refractivity contribution < 1.29 is 19.4 Å². The Morgan fingerprint density at radius 1 is 1.39 bits per heavy atom. The van der Waals surface area contributed by atoms with Crippen molar-refractivity contribution in [3.63, 3.8) is 0 Å². The van der Waals surface area contributed by atoms with Crippen molar-refractivity contribution in [1.29, 1.82) is 0 Å². The first-order chi connectivity index (χ1) is 8.58. The van der Waals surface area contributed by atoms with Gasteiger partial charge in [0.2, 0.25) is 0 Å². The summed E-state index contributed by atoms with van der Waals surface area (Å²) < 4.78 is 10.1. The molecular weight excluding hydrogens is 234 g/mol. The van der Waals surface area contributed by atoms with Gasteiger partial charge in [0, 0.05) is 6.04 Å². The van der Waals surface area contributed by atoms with Crippen molar-refractivity contribution >= 4 is 5.97 Å². The number of nitrogens with two attached hydrogens (primary N) is 1. The third kappa shape index (κ3) is 3.92. The van der Waals surface area contributed by atoms with Crippen LogP contribution in [0.5, 0.6) is 11.5 Å². The van der Waals surface area contributed by atoms with Crippen molar-refractivity contribution in [1.82, 2.24) is 0 Å². The van der Waals surface area contributed by atoms with Gasteiger partial charge in [0.25, 0.3) is 0 Å². The average Bonchev–Trinajstić information content (AvgIpc) is 2.32. The van der Waals surface area contributed by atoms with E-state index in [2.05, 4.69) is 0 Å². The minimum Gasteiger partial charge on any atom is -0.504 e. The molecule has 0 amide bonds. The minimum atomic E-state index is -0.469. The van der Waals surface area contributed by atoms with Gasteiger partial charge in [-0.2, -0.15) is 0 Å². The Morgan fingerprint density at radius 2 is 2.11 bits per heavy atom. The van der Waals surface area contributed by atoms with Gasteiger partial charge in [-0.25, -0.2) is 0 Å². The summed E-state index contributed by atoms with van der Waals surface area (Å²) in [7, 11) is 0. The number of phenols is 1. The predicted octanol–water partition coefficient (Wildman–Crippen LogP) is 1.74. The lowest BCUT2D eigenvalue weighted by atomic mass is 10.0. The smallest absolute Gasteiger partial charge is 0.307 e. The average molecular weight is 253 g/mol. The fraction of sp³-hybridized carbons (Fsp3) is 0.462. The zero-order valence-electron chi connectivity index (χ0n) is 10.7. The van der Waals surface area contributed by atoms with Crippen LogP contribution in [0.2, 0.25) is 0 Å². The van der Waals surface area contributed by atoms with E-state index >= 15 is 0 Å². The van der Waals surface area contributed by atoms with Gasteiger partial charge in [0.15, 0.2) is 11.5 Å². The first-order valence-electron chi connectivity index (χ1n) is 5.95. The van der Waals surface area contributed by atoms with Crippen LogP contribution >= 0.6 is 0 Å². The molecule has 0 fully saturated rings. The molecule has 1 rings (SSSR count). The number of hydrogen-bond donors (Lipinski definition) is 2. The van der Waals surface area contributed by atoms with Crippen LogP contribution in [0.4, 0.5) is 0 Å². The highest BCUT2D eigenvalue weighted by molar-refractivity contribution is 5.70. The monoisotopic (exact) mass is 253 g/mol. The number of benzene rings is 1. The van der Waals surface area contributed by atoms with Crippen molar-refractivity contribution in [3.05, 3.63) is 23.8 Å². The molecule has 1 aromatic carbocycles. The topological polar surface area (TPSA) is 81.8 Å². The second-order valence-electron chi connectivity index (χ2n) is 3.78. The zero-order valence-corrected chi connectivity index (χ0v) is 10.7. The van der Waals surface area contributed by atoms with Gasteiger partial charge < -0.3 is 20.3 Å². The number of carbonyl (C=O) groups excluding carboxylic acids is 1. The van der Waals surface area contributed by atoms with Crippen LogP contribution in [0, 0.1) is 0 Å². The Hall–Kier alpha value is -1.75. The highest BCUT2D eigenvalue weighted by Gasteiger charge is 2.14. The van der Waals surface area contributed by atoms with E-state index in [0.717, 1.165) is 5.56 Å². The minimum absolute atomic E-state index is 0.0592. The molecule has 5 nitrogen and oxygen atoms in total. The Balaban J connectivity index is 2.76. The summed E-state index contributed by atoms with van der Waals surface area (Å²) in [5.74, 6) is 0.0919. The summed E-state index contributed by atoms with van der Waals surface area (Å²) in [4.78, 5) is 11.3. The SMILES string of the molecule is CCOC(=O)C[C@H](N)c1ccc(O)c(OCC)c1. The van der Waals surface area contributed by atoms with Crippen LogP contribution in [0.15, 0.2) is 18.2 Å². The highest BCUT2D eigenvalue weighted by Crippen LogP contribution is 2.29. The first kappa shape index (κ1) is 14.3. The molecule has 18 heavy (non-hydrogen) atoms. The second kappa shape index (κ2) is 6.86. The fourth-order valence-corrected chi connectivity index (χ4v) is 1.55. The molecule has 100 valence electrons. The van der Waals surface area contributed by atoms with Crippen LogP contribution < -0.4 is 10.5 Å². The number of phenolic OH excluding ortho intramolecular Hbond substituents is 1. The maximum atomic E-state index is 11.3. The summed E-state index contributed by atoms with van der Waals surface area (Å²) in [5, 5.41) is 9.56. The maximum Gasteiger partial charge on any atom is 0.307 e. The van der Waals surface area contributed by atoms with Gasteiger partial charge in [-0.05, 0) is 31.5 Å². The summed E-state index contributed by atoms with van der Waals surface area (Å²) in [6.45, 7) is 4.36. The quantitative estimate of drug-likeness (QED) is 0.755. The molecule has 0 heterocycles. The number of ether oxygens (including phenoxy) is 2. The Morgan fingerprint density at radius 3 is 2.72 bits per heavy atom. The van der Waals surface area contributed by atoms with Gasteiger partial charge in [0.05, 0.1) is 19.6 Å². The van der Waals surface area contributed by atoms with E-state index in [9.17, 15) is 9.90 Å². The standard InChI is InChI=1S/C13H19NO4/c1-3-17-12-7-9(5-6-11(12)15)10(14)8-13(16)18-4-2/h5-7,10,15H,3-4,8,14H2,1-2H3/t10-/m0/s1. The molecule has 0 saturated carbocycles. The molecule has 3 N–H and O–H groups in total. The van der Waals surface area contributed by atoms with Gasteiger partial charge >= 0.3 is 5.97 Å². The molecular formula is C13H19NO4. The zero-order chi connectivity index (χ0) is 13.5. The van der Waals surface area contributed by atoms with Gasteiger partial charge in [0.1, 0.15) is 0 Å². The van der Waals surface area contributed by atoms with Crippen molar-refractivity contribution in [2.45, 2.75) is 26.3 Å². The van der Waals surface area contributed by atoms with Crippen LogP contribution in [0.25, 0.3) is 0 Å². The Labute approximate surface area is 107 Å². The second-order valence-corrected chi connectivity index (χ2v) is 3.78. The highest BCUT2D eigenvalue weighted by atomic mass is 16.5. The number of carbonyl (C=O) groups is 1. The van der Waals surface area contributed by atoms with Gasteiger partial charge in [-0.3, -0.25) is 4.79 Å². The van der Waals surface area contributed by atoms with E-state index in [1.807, 2.05) is 6.92 Å². The fourth-order valence-electron chi connectivity index (χ4n) is 1.55. The molecule has 0 bridgehead atoms. The number of hydrogen-bond acceptors (Lipinski definition) is 5. The summed E-state index contributed by atoms with van der Waals surface area (Å²) >= 11 is 0. The number of aromatic hydroxyl groups is 1. The molecule has 1 atom stereocenters. The van der Waals surface area contributed by atoms with Crippen LogP contribution in [-0.4, -0.2) is 24.3 Å². The van der Waals surface area contributed by atoms with Crippen LogP contribution in [0.3, 0.4) is 0 Å². The Kier molecular flexibility index (Phi) is 5.45. The summed E-state index contributed by atoms with van der Waals surface area (Å²) in [6, 6.07) is 4.35. The molecule has 0 aliphatic carbocycles. The van der Waals surface area contributed by atoms with E-state index < -0.39 is 6.04 Å². The van der Waals surface area contributed by atoms with E-state index in [4.69, 9.17) is 15.2 Å². The van der Waals surface area contributed by atoms with Crippen molar-refractivity contribution in [2.24, 2.45) is 5.73 Å². The van der Waals surface area contributed by atoms with Crippen molar-refractivity contribution in [2.75, 3.05) is 13.2 Å². The largest absolute Gasteiger partial charge is 0.504 e. The summed E-state index contributed by atoms with van der Waals surface area (Å²) in [5.41, 5.74) is 6.63. The summed E-state index contributed by atoms with van der Waals surface area (Å²) in [6.07, 6.45) is 0.101. The first-order valence-corrected chi connectivity index (χ1v) is 5.95. The van der Waals surface area contributed by atoms with Crippen molar-refractivity contribution in [3.8, 4) is 11.5 Å². The third-order valence-electron chi connectivity index (χ3n) is 2.40. The molecule has 0 aromatic heterocycles. The maximum absolute atomic E-state index is 11.3. The lowest BCUT2D eigenvalue weighted by Crippen LogP contribution is -2.17. The number of esters is 1. The predicted molar refractivity (Wildman–Crippen MR) is 67.5 cm³/mol.